The van der Waals surface area contributed by atoms with Crippen molar-refractivity contribution >= 4 is 11.6 Å². The zero-order chi connectivity index (χ0) is 13.1. The van der Waals surface area contributed by atoms with E-state index in [0.717, 1.165) is 11.4 Å². The standard InChI is InChI=1S/C15H11ClN2O/c16-12-6-8-14(9-7-12)19-15-10-17-18(11-15)13-4-2-1-3-5-13/h1-11H. The van der Waals surface area contributed by atoms with Crippen molar-refractivity contribution in [3.8, 4) is 17.2 Å². The van der Waals surface area contributed by atoms with Gasteiger partial charge in [0.15, 0.2) is 5.75 Å². The van der Waals surface area contributed by atoms with Gasteiger partial charge in [0.25, 0.3) is 0 Å². The van der Waals surface area contributed by atoms with Gasteiger partial charge in [-0.1, -0.05) is 29.8 Å². The van der Waals surface area contributed by atoms with E-state index in [4.69, 9.17) is 16.3 Å². The molecule has 3 rings (SSSR count). The predicted octanol–water partition coefficient (Wildman–Crippen LogP) is 4.32. The van der Waals surface area contributed by atoms with Crippen LogP contribution in [-0.4, -0.2) is 9.78 Å². The van der Waals surface area contributed by atoms with E-state index < -0.39 is 0 Å². The number of ether oxygens (including phenoxy) is 1. The van der Waals surface area contributed by atoms with Gasteiger partial charge in [0.1, 0.15) is 5.75 Å². The summed E-state index contributed by atoms with van der Waals surface area (Å²) in [5.41, 5.74) is 0.994. The summed E-state index contributed by atoms with van der Waals surface area (Å²) in [6, 6.07) is 17.1. The fourth-order valence-corrected chi connectivity index (χ4v) is 1.85. The van der Waals surface area contributed by atoms with E-state index in [1.54, 1.807) is 23.0 Å². The third-order valence-electron chi connectivity index (χ3n) is 2.63. The van der Waals surface area contributed by atoms with Crippen LogP contribution in [0.4, 0.5) is 0 Å². The molecule has 0 fully saturated rings. The van der Waals surface area contributed by atoms with E-state index in [1.165, 1.54) is 0 Å². The molecule has 0 N–H and O–H groups in total. The van der Waals surface area contributed by atoms with Crippen molar-refractivity contribution in [2.45, 2.75) is 0 Å². The molecule has 2 aromatic carbocycles. The van der Waals surface area contributed by atoms with Crippen LogP contribution in [0.15, 0.2) is 67.0 Å². The lowest BCUT2D eigenvalue weighted by Gasteiger charge is -2.02. The van der Waals surface area contributed by atoms with E-state index in [2.05, 4.69) is 5.10 Å². The Morgan fingerprint density at radius 2 is 1.63 bits per heavy atom. The highest BCUT2D eigenvalue weighted by molar-refractivity contribution is 6.30. The van der Waals surface area contributed by atoms with Crippen LogP contribution in [0.2, 0.25) is 5.02 Å². The summed E-state index contributed by atoms with van der Waals surface area (Å²) in [6.07, 6.45) is 3.52. The SMILES string of the molecule is Clc1ccc(Oc2cnn(-c3ccccc3)c2)cc1. The van der Waals surface area contributed by atoms with Gasteiger partial charge in [-0.3, -0.25) is 0 Å². The van der Waals surface area contributed by atoms with Crippen molar-refractivity contribution in [2.24, 2.45) is 0 Å². The van der Waals surface area contributed by atoms with E-state index in [0.29, 0.717) is 10.8 Å². The summed E-state index contributed by atoms with van der Waals surface area (Å²) in [5.74, 6) is 1.42. The van der Waals surface area contributed by atoms with Crippen molar-refractivity contribution in [1.29, 1.82) is 0 Å². The Morgan fingerprint density at radius 1 is 0.895 bits per heavy atom. The third kappa shape index (κ3) is 2.77. The lowest BCUT2D eigenvalue weighted by molar-refractivity contribution is 0.482. The van der Waals surface area contributed by atoms with E-state index in [-0.39, 0.29) is 0 Å². The summed E-state index contributed by atoms with van der Waals surface area (Å²) < 4.78 is 7.46. The fourth-order valence-electron chi connectivity index (χ4n) is 1.72. The van der Waals surface area contributed by atoms with Gasteiger partial charge >= 0.3 is 0 Å². The second-order valence-corrected chi connectivity index (χ2v) is 4.45. The van der Waals surface area contributed by atoms with Gasteiger partial charge in [-0.05, 0) is 36.4 Å². The van der Waals surface area contributed by atoms with Crippen LogP contribution in [0, 0.1) is 0 Å². The Labute approximate surface area is 116 Å². The maximum Gasteiger partial charge on any atom is 0.165 e. The molecule has 0 radical (unpaired) electrons. The van der Waals surface area contributed by atoms with Gasteiger partial charge in [0.05, 0.1) is 18.1 Å². The van der Waals surface area contributed by atoms with Crippen molar-refractivity contribution in [2.75, 3.05) is 0 Å². The first-order valence-corrected chi connectivity index (χ1v) is 6.22. The molecule has 0 unspecified atom stereocenters. The molecule has 0 spiro atoms. The van der Waals surface area contributed by atoms with Gasteiger partial charge in [-0.15, -0.1) is 0 Å². The molecular weight excluding hydrogens is 260 g/mol. The molecule has 94 valence electrons. The smallest absolute Gasteiger partial charge is 0.165 e. The number of nitrogens with zero attached hydrogens (tertiary/aromatic N) is 2. The lowest BCUT2D eigenvalue weighted by Crippen LogP contribution is -1.92. The van der Waals surface area contributed by atoms with Crippen LogP contribution >= 0.6 is 11.6 Å². The highest BCUT2D eigenvalue weighted by Gasteiger charge is 2.02. The van der Waals surface area contributed by atoms with Crippen molar-refractivity contribution < 1.29 is 4.74 Å². The van der Waals surface area contributed by atoms with Crippen LogP contribution in [0.25, 0.3) is 5.69 Å². The number of para-hydroxylation sites is 1. The second-order valence-electron chi connectivity index (χ2n) is 4.01. The molecule has 0 aliphatic heterocycles. The molecule has 0 aliphatic carbocycles. The first kappa shape index (κ1) is 11.8. The third-order valence-corrected chi connectivity index (χ3v) is 2.88. The molecule has 3 nitrogen and oxygen atoms in total. The quantitative estimate of drug-likeness (QED) is 0.709. The fraction of sp³-hybridized carbons (Fsp3) is 0. The molecular formula is C15H11ClN2O. The van der Waals surface area contributed by atoms with Crippen molar-refractivity contribution in [1.82, 2.24) is 9.78 Å². The molecule has 0 aliphatic rings. The Hall–Kier alpha value is -2.26. The van der Waals surface area contributed by atoms with Crippen LogP contribution in [-0.2, 0) is 0 Å². The van der Waals surface area contributed by atoms with Gasteiger partial charge in [0, 0.05) is 5.02 Å². The summed E-state index contributed by atoms with van der Waals surface area (Å²) >= 11 is 5.83. The van der Waals surface area contributed by atoms with Crippen LogP contribution in [0.1, 0.15) is 0 Å². The number of benzene rings is 2. The number of aromatic nitrogens is 2. The predicted molar refractivity (Wildman–Crippen MR) is 75.1 cm³/mol. The molecule has 0 atom stereocenters. The first-order valence-electron chi connectivity index (χ1n) is 5.85. The minimum Gasteiger partial charge on any atom is -0.454 e. The highest BCUT2D eigenvalue weighted by Crippen LogP contribution is 2.23. The van der Waals surface area contributed by atoms with Crippen LogP contribution in [0.5, 0.6) is 11.5 Å². The summed E-state index contributed by atoms with van der Waals surface area (Å²) in [7, 11) is 0. The van der Waals surface area contributed by atoms with Gasteiger partial charge in [-0.2, -0.15) is 5.10 Å². The summed E-state index contributed by atoms with van der Waals surface area (Å²) in [4.78, 5) is 0. The Morgan fingerprint density at radius 3 is 2.37 bits per heavy atom. The Bertz CT molecular complexity index is 662. The maximum atomic E-state index is 5.83. The van der Waals surface area contributed by atoms with Gasteiger partial charge in [0.2, 0.25) is 0 Å². The van der Waals surface area contributed by atoms with Gasteiger partial charge in [-0.25, -0.2) is 4.68 Å². The molecule has 0 bridgehead atoms. The first-order chi connectivity index (χ1) is 9.31. The highest BCUT2D eigenvalue weighted by atomic mass is 35.5. The van der Waals surface area contributed by atoms with Gasteiger partial charge < -0.3 is 4.74 Å². The number of halogens is 1. The second kappa shape index (κ2) is 5.16. The molecule has 3 aromatic rings. The zero-order valence-electron chi connectivity index (χ0n) is 10.0. The minimum atomic E-state index is 0.686. The molecule has 1 heterocycles. The molecule has 0 amide bonds. The normalized spacial score (nSPS) is 10.4. The topological polar surface area (TPSA) is 27.1 Å². The number of hydrogen-bond acceptors (Lipinski definition) is 2. The average Bonchev–Trinajstić information content (AvgIpc) is 2.91. The number of hydrogen-bond donors (Lipinski definition) is 0. The van der Waals surface area contributed by atoms with Crippen molar-refractivity contribution in [3.63, 3.8) is 0 Å². The molecule has 1 aromatic heterocycles. The monoisotopic (exact) mass is 270 g/mol. The maximum absolute atomic E-state index is 5.83. The molecule has 0 saturated heterocycles. The Kier molecular flexibility index (Phi) is 3.21. The molecule has 4 heteroatoms. The van der Waals surface area contributed by atoms with E-state index >= 15 is 0 Å². The Balaban J connectivity index is 1.80. The molecule has 19 heavy (non-hydrogen) atoms. The van der Waals surface area contributed by atoms with Crippen LogP contribution in [0.3, 0.4) is 0 Å². The van der Waals surface area contributed by atoms with E-state index in [1.807, 2.05) is 48.7 Å². The summed E-state index contributed by atoms with van der Waals surface area (Å²) in [5, 5.41) is 4.95. The zero-order valence-corrected chi connectivity index (χ0v) is 10.8. The van der Waals surface area contributed by atoms with Crippen molar-refractivity contribution in [3.05, 3.63) is 72.0 Å². The largest absolute Gasteiger partial charge is 0.454 e. The summed E-state index contributed by atoms with van der Waals surface area (Å²) in [6.45, 7) is 0. The average molecular weight is 271 g/mol. The van der Waals surface area contributed by atoms with Crippen LogP contribution < -0.4 is 4.74 Å². The number of rotatable bonds is 3. The molecule has 0 saturated carbocycles. The minimum absolute atomic E-state index is 0.686. The van der Waals surface area contributed by atoms with E-state index in [9.17, 15) is 0 Å². The lowest BCUT2D eigenvalue weighted by atomic mass is 10.3.